The molecule has 1 aliphatic rings. The Morgan fingerprint density at radius 3 is 2.86 bits per heavy atom. The standard InChI is InChI=1S/C21H22FN3O4/c1-12(24-13(2)26)10-27-16-7-17(22)20(23-9-16)21-25-18-6-5-15(8-19(18)29-21)28-11-14-3-4-14/h5-9,12,14H,3-4,10-11H2,1-2H3,(H,24,26). The van der Waals surface area contributed by atoms with Crippen molar-refractivity contribution < 1.29 is 23.1 Å². The van der Waals surface area contributed by atoms with Gasteiger partial charge in [0.05, 0.1) is 18.8 Å². The minimum Gasteiger partial charge on any atom is -0.493 e. The van der Waals surface area contributed by atoms with Crippen LogP contribution in [-0.4, -0.2) is 35.1 Å². The van der Waals surface area contributed by atoms with Crippen LogP contribution in [-0.2, 0) is 4.79 Å². The summed E-state index contributed by atoms with van der Waals surface area (Å²) in [5.41, 5.74) is 1.12. The first kappa shape index (κ1) is 19.2. The molecule has 0 saturated heterocycles. The Hall–Kier alpha value is -3.16. The number of rotatable bonds is 8. The van der Waals surface area contributed by atoms with Crippen LogP contribution in [0, 0.1) is 11.7 Å². The third-order valence-electron chi connectivity index (χ3n) is 4.51. The van der Waals surface area contributed by atoms with Crippen molar-refractivity contribution in [2.24, 2.45) is 5.92 Å². The average molecular weight is 399 g/mol. The molecule has 7 nitrogen and oxygen atoms in total. The number of carbonyl (C=O) groups is 1. The molecule has 8 heteroatoms. The van der Waals surface area contributed by atoms with Gasteiger partial charge in [-0.25, -0.2) is 14.4 Å². The van der Waals surface area contributed by atoms with Crippen molar-refractivity contribution in [1.82, 2.24) is 15.3 Å². The van der Waals surface area contributed by atoms with Gasteiger partial charge in [-0.05, 0) is 37.8 Å². The lowest BCUT2D eigenvalue weighted by atomic mass is 10.3. The first-order chi connectivity index (χ1) is 14.0. The van der Waals surface area contributed by atoms with E-state index in [0.717, 1.165) is 0 Å². The second-order valence-electron chi connectivity index (χ2n) is 7.32. The molecule has 29 heavy (non-hydrogen) atoms. The number of amides is 1. The number of nitrogens with zero attached hydrogens (tertiary/aromatic N) is 2. The van der Waals surface area contributed by atoms with E-state index in [1.165, 1.54) is 32.0 Å². The second-order valence-corrected chi connectivity index (χ2v) is 7.32. The molecular formula is C21H22FN3O4. The molecule has 1 atom stereocenters. The van der Waals surface area contributed by atoms with Crippen LogP contribution in [0.1, 0.15) is 26.7 Å². The highest BCUT2D eigenvalue weighted by atomic mass is 19.1. The Labute approximate surface area is 167 Å². The van der Waals surface area contributed by atoms with Crippen molar-refractivity contribution in [2.45, 2.75) is 32.7 Å². The lowest BCUT2D eigenvalue weighted by molar-refractivity contribution is -0.119. The molecule has 1 unspecified atom stereocenters. The maximum absolute atomic E-state index is 14.6. The fraction of sp³-hybridized carbons (Fsp3) is 0.381. The van der Waals surface area contributed by atoms with Crippen molar-refractivity contribution in [2.75, 3.05) is 13.2 Å². The molecule has 2 heterocycles. The van der Waals surface area contributed by atoms with E-state index in [1.807, 2.05) is 6.07 Å². The number of pyridine rings is 1. The van der Waals surface area contributed by atoms with Gasteiger partial charge in [0.25, 0.3) is 0 Å². The van der Waals surface area contributed by atoms with Crippen LogP contribution in [0.4, 0.5) is 4.39 Å². The summed E-state index contributed by atoms with van der Waals surface area (Å²) < 4.78 is 31.5. The molecule has 1 aromatic carbocycles. The molecule has 152 valence electrons. The molecule has 0 radical (unpaired) electrons. The van der Waals surface area contributed by atoms with E-state index in [1.54, 1.807) is 19.1 Å². The molecular weight excluding hydrogens is 377 g/mol. The number of nitrogens with one attached hydrogen (secondary N) is 1. The summed E-state index contributed by atoms with van der Waals surface area (Å²) in [7, 11) is 0. The first-order valence-corrected chi connectivity index (χ1v) is 9.57. The predicted octanol–water partition coefficient (Wildman–Crippen LogP) is 3.72. The quantitative estimate of drug-likeness (QED) is 0.621. The van der Waals surface area contributed by atoms with Crippen LogP contribution >= 0.6 is 0 Å². The van der Waals surface area contributed by atoms with Crippen molar-refractivity contribution >= 4 is 17.0 Å². The van der Waals surface area contributed by atoms with Gasteiger partial charge in [-0.2, -0.15) is 0 Å². The van der Waals surface area contributed by atoms with E-state index in [9.17, 15) is 9.18 Å². The highest BCUT2D eigenvalue weighted by molar-refractivity contribution is 5.77. The number of oxazole rings is 1. The Morgan fingerprint density at radius 2 is 2.14 bits per heavy atom. The number of halogens is 1. The van der Waals surface area contributed by atoms with Crippen LogP contribution in [0.25, 0.3) is 22.7 Å². The van der Waals surface area contributed by atoms with Crippen molar-refractivity contribution in [3.05, 3.63) is 36.3 Å². The minimum absolute atomic E-state index is 0.00362. The molecule has 1 saturated carbocycles. The van der Waals surface area contributed by atoms with E-state index < -0.39 is 5.82 Å². The highest BCUT2D eigenvalue weighted by Gasteiger charge is 2.22. The van der Waals surface area contributed by atoms with Gasteiger partial charge in [-0.3, -0.25) is 4.79 Å². The summed E-state index contributed by atoms with van der Waals surface area (Å²) in [5, 5.41) is 2.69. The number of ether oxygens (including phenoxy) is 2. The van der Waals surface area contributed by atoms with Gasteiger partial charge >= 0.3 is 0 Å². The molecule has 0 aliphatic heterocycles. The van der Waals surface area contributed by atoms with Crippen molar-refractivity contribution in [3.63, 3.8) is 0 Å². The molecule has 0 spiro atoms. The Bertz CT molecular complexity index is 1030. The van der Waals surface area contributed by atoms with Gasteiger partial charge in [0.2, 0.25) is 11.8 Å². The van der Waals surface area contributed by atoms with E-state index in [-0.39, 0.29) is 35.9 Å². The van der Waals surface area contributed by atoms with E-state index in [4.69, 9.17) is 13.9 Å². The Kier molecular flexibility index (Phi) is 5.33. The summed E-state index contributed by atoms with van der Waals surface area (Å²) >= 11 is 0. The molecule has 2 aromatic heterocycles. The second kappa shape index (κ2) is 8.06. The topological polar surface area (TPSA) is 86.5 Å². The molecule has 4 rings (SSSR count). The van der Waals surface area contributed by atoms with Crippen LogP contribution < -0.4 is 14.8 Å². The monoisotopic (exact) mass is 399 g/mol. The zero-order valence-electron chi connectivity index (χ0n) is 16.3. The predicted molar refractivity (Wildman–Crippen MR) is 104 cm³/mol. The molecule has 1 N–H and O–H groups in total. The third-order valence-corrected chi connectivity index (χ3v) is 4.51. The lowest BCUT2D eigenvalue weighted by Gasteiger charge is -2.13. The normalized spacial score (nSPS) is 14.6. The maximum Gasteiger partial charge on any atom is 0.249 e. The van der Waals surface area contributed by atoms with Gasteiger partial charge in [0.15, 0.2) is 17.1 Å². The largest absolute Gasteiger partial charge is 0.493 e. The Morgan fingerprint density at radius 1 is 1.31 bits per heavy atom. The van der Waals surface area contributed by atoms with Crippen molar-refractivity contribution in [3.8, 4) is 23.1 Å². The fourth-order valence-electron chi connectivity index (χ4n) is 2.86. The van der Waals surface area contributed by atoms with Gasteiger partial charge in [-0.1, -0.05) is 0 Å². The van der Waals surface area contributed by atoms with Crippen LogP contribution in [0.2, 0.25) is 0 Å². The van der Waals surface area contributed by atoms with Gasteiger partial charge in [0.1, 0.15) is 23.6 Å². The van der Waals surface area contributed by atoms with Gasteiger partial charge in [-0.15, -0.1) is 0 Å². The van der Waals surface area contributed by atoms with Crippen molar-refractivity contribution in [1.29, 1.82) is 0 Å². The number of aromatic nitrogens is 2. The third kappa shape index (κ3) is 4.82. The molecule has 3 aromatic rings. The molecule has 1 fully saturated rings. The number of benzene rings is 1. The highest BCUT2D eigenvalue weighted by Crippen LogP contribution is 2.31. The minimum atomic E-state index is -0.605. The number of carbonyl (C=O) groups excluding carboxylic acids is 1. The number of hydrogen-bond donors (Lipinski definition) is 1. The zero-order valence-corrected chi connectivity index (χ0v) is 16.3. The summed E-state index contributed by atoms with van der Waals surface area (Å²) in [6, 6.07) is 6.38. The first-order valence-electron chi connectivity index (χ1n) is 9.57. The fourth-order valence-corrected chi connectivity index (χ4v) is 2.86. The smallest absolute Gasteiger partial charge is 0.249 e. The summed E-state index contributed by atoms with van der Waals surface area (Å²) in [5.74, 6) is 0.948. The maximum atomic E-state index is 14.6. The zero-order chi connectivity index (χ0) is 20.4. The Balaban J connectivity index is 1.47. The summed E-state index contributed by atoms with van der Waals surface area (Å²) in [6.07, 6.45) is 3.83. The van der Waals surface area contributed by atoms with E-state index in [0.29, 0.717) is 29.4 Å². The van der Waals surface area contributed by atoms with Gasteiger partial charge < -0.3 is 19.2 Å². The number of fused-ring (bicyclic) bond motifs is 1. The van der Waals surface area contributed by atoms with E-state index in [2.05, 4.69) is 15.3 Å². The summed E-state index contributed by atoms with van der Waals surface area (Å²) in [4.78, 5) is 19.4. The van der Waals surface area contributed by atoms with Crippen LogP contribution in [0.3, 0.4) is 0 Å². The number of hydrogen-bond acceptors (Lipinski definition) is 6. The van der Waals surface area contributed by atoms with Crippen LogP contribution in [0.15, 0.2) is 34.9 Å². The molecule has 1 aliphatic carbocycles. The summed E-state index contributed by atoms with van der Waals surface area (Å²) in [6.45, 7) is 4.12. The van der Waals surface area contributed by atoms with Gasteiger partial charge in [0, 0.05) is 19.1 Å². The molecule has 1 amide bonds. The van der Waals surface area contributed by atoms with Crippen LogP contribution in [0.5, 0.6) is 11.5 Å². The SMILES string of the molecule is CC(=O)NC(C)COc1cnc(-c2nc3ccc(OCC4CC4)cc3o2)c(F)c1. The lowest BCUT2D eigenvalue weighted by Crippen LogP contribution is -2.35. The average Bonchev–Trinajstić information content (AvgIpc) is 3.41. The molecule has 0 bridgehead atoms. The van der Waals surface area contributed by atoms with E-state index >= 15 is 0 Å².